The largest absolute Gasteiger partial charge is 0.493 e. The van der Waals surface area contributed by atoms with Crippen molar-refractivity contribution < 1.29 is 28.3 Å². The van der Waals surface area contributed by atoms with E-state index in [0.29, 0.717) is 67.3 Å². The number of carbonyl (C=O) groups excluding carboxylic acids is 1. The van der Waals surface area contributed by atoms with E-state index in [2.05, 4.69) is 20.4 Å². The van der Waals surface area contributed by atoms with E-state index in [0.717, 1.165) is 10.9 Å². The number of aromatic nitrogens is 2. The molecule has 12 heteroatoms. The van der Waals surface area contributed by atoms with Crippen LogP contribution in [-0.4, -0.2) is 41.1 Å². The third-order valence-corrected chi connectivity index (χ3v) is 7.67. The first-order valence-corrected chi connectivity index (χ1v) is 15.6. The molecule has 0 radical (unpaired) electrons. The summed E-state index contributed by atoms with van der Waals surface area (Å²) in [5.74, 6) is 3.50. The Morgan fingerprint density at radius 1 is 0.978 bits per heavy atom. The Morgan fingerprint density at radius 2 is 1.72 bits per heavy atom. The van der Waals surface area contributed by atoms with Gasteiger partial charge in [0.15, 0.2) is 22.5 Å². The number of fused-ring (bicyclic) bond motifs is 1. The molecule has 0 saturated carbocycles. The number of aryl methyl sites for hydroxylation is 1. The van der Waals surface area contributed by atoms with Crippen LogP contribution >= 0.6 is 23.4 Å². The highest BCUT2D eigenvalue weighted by Crippen LogP contribution is 2.38. The van der Waals surface area contributed by atoms with Crippen molar-refractivity contribution in [2.45, 2.75) is 39.0 Å². The quantitative estimate of drug-likeness (QED) is 0.0932. The number of esters is 1. The number of thioether (sulfide) groups is 1. The number of pyridine rings is 1. The number of methoxy groups -OCH3 is 2. The molecule has 10 nitrogen and oxygen atoms in total. The predicted octanol–water partition coefficient (Wildman–Crippen LogP) is 8.98. The van der Waals surface area contributed by atoms with Gasteiger partial charge in [-0.25, -0.2) is 9.79 Å². The lowest BCUT2D eigenvalue weighted by molar-refractivity contribution is 0.00695. The summed E-state index contributed by atoms with van der Waals surface area (Å²) in [6.07, 6.45) is 1.66. The Hall–Kier alpha value is -4.74. The monoisotopic (exact) mass is 660 g/mol. The number of rotatable bonds is 9. The third-order valence-electron chi connectivity index (χ3n) is 6.41. The van der Waals surface area contributed by atoms with Crippen LogP contribution in [0.2, 0.25) is 5.02 Å². The summed E-state index contributed by atoms with van der Waals surface area (Å²) in [5, 5.41) is 9.03. The van der Waals surface area contributed by atoms with Crippen LogP contribution in [0.4, 0.5) is 11.5 Å². The number of anilines is 1. The first kappa shape index (κ1) is 32.6. The topological polar surface area (TPSA) is 117 Å². The Morgan fingerprint density at radius 3 is 2.37 bits per heavy atom. The summed E-state index contributed by atoms with van der Waals surface area (Å²) in [6, 6.07) is 19.7. The second-order valence-corrected chi connectivity index (χ2v) is 12.5. The highest BCUT2D eigenvalue weighted by atomic mass is 35.5. The summed E-state index contributed by atoms with van der Waals surface area (Å²) in [4.78, 5) is 21.5. The Balaban J connectivity index is 1.33. The SMILES string of the molecule is COc1cc2nccc(Oc3ccc(NC(=Nc4cc(C)on4)SCc4ccc(C(=O)OC(C)(C)C)cc4)c(Cl)c3)c2cc1OC. The number of hydrogen-bond donors (Lipinski definition) is 1. The maximum atomic E-state index is 12.4. The molecule has 0 bridgehead atoms. The molecule has 238 valence electrons. The summed E-state index contributed by atoms with van der Waals surface area (Å²) in [7, 11) is 3.15. The van der Waals surface area contributed by atoms with Crippen LogP contribution in [0.5, 0.6) is 23.0 Å². The maximum Gasteiger partial charge on any atom is 0.338 e. The average Bonchev–Trinajstić information content (AvgIpc) is 3.44. The zero-order chi connectivity index (χ0) is 32.8. The number of carbonyl (C=O) groups is 1. The van der Waals surface area contributed by atoms with Crippen molar-refractivity contribution in [1.82, 2.24) is 10.1 Å². The second-order valence-electron chi connectivity index (χ2n) is 11.1. The molecule has 2 aromatic heterocycles. The van der Waals surface area contributed by atoms with Crippen molar-refractivity contribution in [3.8, 4) is 23.0 Å². The molecule has 0 unspecified atom stereocenters. The summed E-state index contributed by atoms with van der Waals surface area (Å²) < 4.78 is 27.8. The number of nitrogens with one attached hydrogen (secondary N) is 1. The summed E-state index contributed by atoms with van der Waals surface area (Å²) >= 11 is 8.17. The molecule has 5 aromatic rings. The van der Waals surface area contributed by atoms with E-state index in [-0.39, 0.29) is 5.97 Å². The van der Waals surface area contributed by atoms with Crippen LogP contribution in [0.1, 0.15) is 42.5 Å². The minimum absolute atomic E-state index is 0.365. The fraction of sp³-hybridized carbons (Fsp3) is 0.235. The molecule has 46 heavy (non-hydrogen) atoms. The Labute approximate surface area is 276 Å². The van der Waals surface area contributed by atoms with Gasteiger partial charge in [-0.2, -0.15) is 0 Å². The molecule has 0 aliphatic rings. The highest BCUT2D eigenvalue weighted by molar-refractivity contribution is 8.13. The number of halogens is 1. The van der Waals surface area contributed by atoms with Crippen LogP contribution in [0.3, 0.4) is 0 Å². The van der Waals surface area contributed by atoms with Crippen molar-refractivity contribution >= 4 is 56.9 Å². The maximum absolute atomic E-state index is 12.4. The number of ether oxygens (including phenoxy) is 4. The normalized spacial score (nSPS) is 11.8. The molecule has 0 fully saturated rings. The smallest absolute Gasteiger partial charge is 0.338 e. The molecule has 1 N–H and O–H groups in total. The molecular weight excluding hydrogens is 628 g/mol. The summed E-state index contributed by atoms with van der Waals surface area (Å²) in [6.45, 7) is 7.31. The third kappa shape index (κ3) is 8.29. The zero-order valence-corrected chi connectivity index (χ0v) is 27.8. The van der Waals surface area contributed by atoms with E-state index in [1.54, 1.807) is 69.8 Å². The van der Waals surface area contributed by atoms with Gasteiger partial charge in [-0.3, -0.25) is 4.98 Å². The Bertz CT molecular complexity index is 1890. The van der Waals surface area contributed by atoms with Gasteiger partial charge in [0.1, 0.15) is 22.9 Å². The van der Waals surface area contributed by atoms with E-state index < -0.39 is 5.60 Å². The lowest BCUT2D eigenvalue weighted by Crippen LogP contribution is -2.23. The predicted molar refractivity (Wildman–Crippen MR) is 181 cm³/mol. The lowest BCUT2D eigenvalue weighted by Gasteiger charge is -2.19. The van der Waals surface area contributed by atoms with Gasteiger partial charge in [-0.1, -0.05) is 40.7 Å². The van der Waals surface area contributed by atoms with Gasteiger partial charge in [-0.15, -0.1) is 0 Å². The van der Waals surface area contributed by atoms with E-state index in [4.69, 9.17) is 35.1 Å². The van der Waals surface area contributed by atoms with Crippen LogP contribution in [-0.2, 0) is 10.5 Å². The first-order chi connectivity index (χ1) is 22.0. The number of benzene rings is 3. The van der Waals surface area contributed by atoms with Crippen molar-refractivity contribution in [3.05, 3.63) is 94.8 Å². The second kappa shape index (κ2) is 14.1. The molecule has 0 spiro atoms. The fourth-order valence-corrected chi connectivity index (χ4v) is 5.33. The lowest BCUT2D eigenvalue weighted by atomic mass is 10.1. The first-order valence-electron chi connectivity index (χ1n) is 14.2. The number of amidine groups is 1. The van der Waals surface area contributed by atoms with E-state index in [1.165, 1.54) is 11.8 Å². The summed E-state index contributed by atoms with van der Waals surface area (Å²) in [5.41, 5.74) is 2.22. The zero-order valence-electron chi connectivity index (χ0n) is 26.2. The molecule has 5 rings (SSSR count). The standard InChI is InChI=1S/C34H33ClN4O6S/c1-20-15-31(39-45-20)38-33(46-19-21-7-9-22(10-8-21)32(40)44-34(2,3)4)37-26-12-11-23(16-25(26)35)43-28-13-14-36-27-18-30(42-6)29(41-5)17-24(27)28/h7-18H,19H2,1-6H3,(H,37,38,39). The van der Waals surface area contributed by atoms with Crippen LogP contribution in [0, 0.1) is 6.92 Å². The molecule has 0 aliphatic carbocycles. The number of hydrogen-bond acceptors (Lipinski definition) is 10. The molecule has 0 atom stereocenters. The van der Waals surface area contributed by atoms with Crippen LogP contribution in [0.25, 0.3) is 10.9 Å². The van der Waals surface area contributed by atoms with Crippen molar-refractivity contribution in [2.24, 2.45) is 4.99 Å². The minimum atomic E-state index is -0.566. The van der Waals surface area contributed by atoms with Gasteiger partial charge >= 0.3 is 5.97 Å². The fourth-order valence-electron chi connectivity index (χ4n) is 4.27. The van der Waals surface area contributed by atoms with Crippen molar-refractivity contribution in [1.29, 1.82) is 0 Å². The van der Waals surface area contributed by atoms with Crippen LogP contribution in [0.15, 0.2) is 82.4 Å². The van der Waals surface area contributed by atoms with Crippen molar-refractivity contribution in [3.63, 3.8) is 0 Å². The van der Waals surface area contributed by atoms with E-state index in [9.17, 15) is 4.79 Å². The van der Waals surface area contributed by atoms with E-state index in [1.807, 2.05) is 45.0 Å². The van der Waals surface area contributed by atoms with Gasteiger partial charge in [0.05, 0.1) is 36.0 Å². The van der Waals surface area contributed by atoms with Gasteiger partial charge in [0, 0.05) is 35.5 Å². The molecule has 0 amide bonds. The van der Waals surface area contributed by atoms with E-state index >= 15 is 0 Å². The van der Waals surface area contributed by atoms with Gasteiger partial charge in [-0.05, 0) is 69.7 Å². The number of nitrogens with zero attached hydrogens (tertiary/aromatic N) is 3. The minimum Gasteiger partial charge on any atom is -0.493 e. The molecule has 0 saturated heterocycles. The van der Waals surface area contributed by atoms with Crippen molar-refractivity contribution in [2.75, 3.05) is 19.5 Å². The van der Waals surface area contributed by atoms with Crippen LogP contribution < -0.4 is 19.5 Å². The molecular formula is C34H33ClN4O6S. The Kier molecular flexibility index (Phi) is 10.0. The van der Waals surface area contributed by atoms with Gasteiger partial charge in [0.2, 0.25) is 0 Å². The molecule has 3 aromatic carbocycles. The number of aliphatic imine (C=N–C) groups is 1. The molecule has 2 heterocycles. The van der Waals surface area contributed by atoms with Gasteiger partial charge < -0.3 is 28.8 Å². The van der Waals surface area contributed by atoms with Gasteiger partial charge in [0.25, 0.3) is 0 Å². The highest BCUT2D eigenvalue weighted by Gasteiger charge is 2.18. The average molecular weight is 661 g/mol. The molecule has 0 aliphatic heterocycles.